The van der Waals surface area contributed by atoms with Gasteiger partial charge in [-0.15, -0.1) is 5.10 Å². The lowest BCUT2D eigenvalue weighted by molar-refractivity contribution is -0.137. The standard InChI is InChI=1S/C23H19F3N8O/c24-23(25,26)12-4-3-5-13(10-12)29-22-32-20(33-34-22)16-8-9-17(15-7-2-1-6-14(15)16)35-19-11-18(27)30-21(28)31-19/h1-11,20,33H,(H2,29,32,34)(H4,27,28,30,31). The number of hydrazone groups is 1. The molecule has 1 aliphatic rings. The summed E-state index contributed by atoms with van der Waals surface area (Å²) in [6.45, 7) is 0. The molecule has 0 fully saturated rings. The van der Waals surface area contributed by atoms with E-state index in [1.807, 2.05) is 30.3 Å². The zero-order valence-electron chi connectivity index (χ0n) is 18.0. The minimum Gasteiger partial charge on any atom is -0.438 e. The molecule has 1 atom stereocenters. The molecule has 3 aromatic carbocycles. The van der Waals surface area contributed by atoms with Crippen LogP contribution in [0.3, 0.4) is 0 Å². The highest BCUT2D eigenvalue weighted by molar-refractivity contribution is 5.96. The number of ether oxygens (including phenoxy) is 1. The Hall–Kier alpha value is -4.74. The van der Waals surface area contributed by atoms with Crippen molar-refractivity contribution in [1.82, 2.24) is 20.7 Å². The number of alkyl halides is 3. The third-order valence-electron chi connectivity index (χ3n) is 5.22. The Morgan fingerprint density at radius 1 is 0.914 bits per heavy atom. The van der Waals surface area contributed by atoms with Gasteiger partial charge in [0.15, 0.2) is 0 Å². The summed E-state index contributed by atoms with van der Waals surface area (Å²) in [7, 11) is 0. The number of benzene rings is 3. The highest BCUT2D eigenvalue weighted by atomic mass is 19.4. The van der Waals surface area contributed by atoms with Crippen molar-refractivity contribution in [3.63, 3.8) is 0 Å². The van der Waals surface area contributed by atoms with Gasteiger partial charge >= 0.3 is 6.18 Å². The quantitative estimate of drug-likeness (QED) is 0.294. The predicted molar refractivity (Wildman–Crippen MR) is 126 cm³/mol. The Balaban J connectivity index is 1.37. The topological polar surface area (TPSA) is 136 Å². The maximum atomic E-state index is 13.0. The average molecular weight is 480 g/mol. The van der Waals surface area contributed by atoms with Gasteiger partial charge in [-0.2, -0.15) is 23.1 Å². The number of rotatable bonds is 4. The Kier molecular flexibility index (Phi) is 5.40. The molecule has 5 rings (SSSR count). The second-order valence-corrected chi connectivity index (χ2v) is 7.66. The number of nitrogens with one attached hydrogen (secondary N) is 3. The van der Waals surface area contributed by atoms with Crippen LogP contribution in [0.25, 0.3) is 10.8 Å². The number of nitrogen functional groups attached to an aromatic ring is 2. The van der Waals surface area contributed by atoms with E-state index in [0.717, 1.165) is 28.5 Å². The van der Waals surface area contributed by atoms with Crippen LogP contribution in [0.5, 0.6) is 11.6 Å². The molecule has 1 aliphatic heterocycles. The van der Waals surface area contributed by atoms with Crippen LogP contribution >= 0.6 is 0 Å². The van der Waals surface area contributed by atoms with Crippen LogP contribution in [0.4, 0.5) is 30.6 Å². The first kappa shape index (κ1) is 22.1. The van der Waals surface area contributed by atoms with Gasteiger partial charge < -0.3 is 26.8 Å². The van der Waals surface area contributed by atoms with E-state index in [1.54, 1.807) is 6.07 Å². The lowest BCUT2D eigenvalue weighted by Gasteiger charge is -2.17. The normalized spacial score (nSPS) is 15.3. The fraction of sp³-hybridized carbons (Fsp3) is 0.0870. The van der Waals surface area contributed by atoms with Gasteiger partial charge in [0.1, 0.15) is 17.7 Å². The SMILES string of the molecule is Nc1cc(Oc2ccc(C3NN=C(Nc4cccc(C(F)(F)F)c4)N3)c3ccccc23)nc(N)n1. The number of nitrogens with two attached hydrogens (primary N) is 2. The molecule has 178 valence electrons. The summed E-state index contributed by atoms with van der Waals surface area (Å²) in [5.74, 6) is 1.21. The van der Waals surface area contributed by atoms with Gasteiger partial charge in [0, 0.05) is 22.7 Å². The summed E-state index contributed by atoms with van der Waals surface area (Å²) in [4.78, 5) is 7.88. The first-order valence-electron chi connectivity index (χ1n) is 10.4. The van der Waals surface area contributed by atoms with Gasteiger partial charge in [-0.1, -0.05) is 36.4 Å². The van der Waals surface area contributed by atoms with Gasteiger partial charge in [0.05, 0.1) is 5.56 Å². The van der Waals surface area contributed by atoms with Gasteiger partial charge in [-0.3, -0.25) is 5.43 Å². The Bertz CT molecular complexity index is 1420. The zero-order valence-corrected chi connectivity index (χ0v) is 18.0. The summed E-state index contributed by atoms with van der Waals surface area (Å²) < 4.78 is 44.9. The molecule has 0 bridgehead atoms. The van der Waals surface area contributed by atoms with Crippen LogP contribution in [-0.2, 0) is 6.18 Å². The fourth-order valence-electron chi connectivity index (χ4n) is 3.71. The number of fused-ring (bicyclic) bond motifs is 1. The van der Waals surface area contributed by atoms with Crippen LogP contribution in [0.2, 0.25) is 0 Å². The molecule has 0 saturated carbocycles. The van der Waals surface area contributed by atoms with E-state index in [9.17, 15) is 13.2 Å². The van der Waals surface area contributed by atoms with Crippen molar-refractivity contribution in [2.75, 3.05) is 16.8 Å². The molecule has 9 nitrogen and oxygen atoms in total. The summed E-state index contributed by atoms with van der Waals surface area (Å²) in [6.07, 6.45) is -4.87. The molecule has 2 heterocycles. The Morgan fingerprint density at radius 2 is 1.71 bits per heavy atom. The predicted octanol–water partition coefficient (Wildman–Crippen LogP) is 4.18. The summed E-state index contributed by atoms with van der Waals surface area (Å²) in [5, 5.41) is 11.9. The lowest BCUT2D eigenvalue weighted by atomic mass is 10.0. The second-order valence-electron chi connectivity index (χ2n) is 7.66. The zero-order chi connectivity index (χ0) is 24.6. The molecular formula is C23H19F3N8O. The maximum Gasteiger partial charge on any atom is 0.416 e. The van der Waals surface area contributed by atoms with E-state index < -0.39 is 17.9 Å². The molecule has 4 aromatic rings. The molecule has 7 N–H and O–H groups in total. The molecular weight excluding hydrogens is 461 g/mol. The van der Waals surface area contributed by atoms with E-state index in [4.69, 9.17) is 16.2 Å². The number of nitrogens with zero attached hydrogens (tertiary/aromatic N) is 3. The van der Waals surface area contributed by atoms with Gasteiger partial charge in [-0.05, 0) is 29.7 Å². The third kappa shape index (κ3) is 4.67. The molecule has 0 saturated heterocycles. The molecule has 12 heteroatoms. The lowest BCUT2D eigenvalue weighted by Crippen LogP contribution is -2.31. The Morgan fingerprint density at radius 3 is 2.49 bits per heavy atom. The summed E-state index contributed by atoms with van der Waals surface area (Å²) in [6, 6.07) is 17.5. The molecule has 0 amide bonds. The van der Waals surface area contributed by atoms with Crippen molar-refractivity contribution in [2.45, 2.75) is 12.3 Å². The van der Waals surface area contributed by atoms with Crippen molar-refractivity contribution in [3.05, 3.63) is 77.9 Å². The minimum absolute atomic E-state index is 0.00164. The molecule has 0 spiro atoms. The van der Waals surface area contributed by atoms with Crippen LogP contribution in [0.1, 0.15) is 17.3 Å². The van der Waals surface area contributed by atoms with Crippen LogP contribution in [0, 0.1) is 0 Å². The number of halogens is 3. The van der Waals surface area contributed by atoms with E-state index in [1.165, 1.54) is 18.2 Å². The van der Waals surface area contributed by atoms with E-state index in [2.05, 4.69) is 31.1 Å². The van der Waals surface area contributed by atoms with Crippen LogP contribution in [-0.4, -0.2) is 15.9 Å². The largest absolute Gasteiger partial charge is 0.438 e. The van der Waals surface area contributed by atoms with Crippen molar-refractivity contribution in [2.24, 2.45) is 5.10 Å². The molecule has 0 radical (unpaired) electrons. The summed E-state index contributed by atoms with van der Waals surface area (Å²) >= 11 is 0. The average Bonchev–Trinajstić information content (AvgIpc) is 3.26. The van der Waals surface area contributed by atoms with E-state index in [-0.39, 0.29) is 29.3 Å². The Labute approximate surface area is 197 Å². The maximum absolute atomic E-state index is 13.0. The fourth-order valence-corrected chi connectivity index (χ4v) is 3.71. The summed E-state index contributed by atoms with van der Waals surface area (Å²) in [5.41, 5.74) is 14.7. The molecule has 35 heavy (non-hydrogen) atoms. The van der Waals surface area contributed by atoms with Crippen LogP contribution in [0.15, 0.2) is 71.8 Å². The molecule has 1 unspecified atom stereocenters. The number of hydrogen-bond acceptors (Lipinski definition) is 9. The van der Waals surface area contributed by atoms with Crippen molar-refractivity contribution in [1.29, 1.82) is 0 Å². The van der Waals surface area contributed by atoms with Crippen LogP contribution < -0.4 is 32.3 Å². The van der Waals surface area contributed by atoms with Gasteiger partial charge in [0.2, 0.25) is 17.8 Å². The first-order valence-corrected chi connectivity index (χ1v) is 10.4. The molecule has 1 aromatic heterocycles. The number of aromatic nitrogens is 2. The number of guanidine groups is 1. The third-order valence-corrected chi connectivity index (χ3v) is 5.22. The number of hydrogen-bond donors (Lipinski definition) is 5. The highest BCUT2D eigenvalue weighted by Crippen LogP contribution is 2.35. The van der Waals surface area contributed by atoms with Crippen molar-refractivity contribution >= 4 is 34.2 Å². The highest BCUT2D eigenvalue weighted by Gasteiger charge is 2.30. The number of anilines is 3. The van der Waals surface area contributed by atoms with Gasteiger partial charge in [-0.25, -0.2) is 0 Å². The molecule has 0 aliphatic carbocycles. The first-order chi connectivity index (χ1) is 16.8. The van der Waals surface area contributed by atoms with E-state index >= 15 is 0 Å². The smallest absolute Gasteiger partial charge is 0.416 e. The monoisotopic (exact) mass is 480 g/mol. The van der Waals surface area contributed by atoms with Crippen molar-refractivity contribution in [3.8, 4) is 11.6 Å². The second kappa shape index (κ2) is 8.56. The minimum atomic E-state index is -4.44. The van der Waals surface area contributed by atoms with E-state index in [0.29, 0.717) is 5.75 Å². The van der Waals surface area contributed by atoms with Gasteiger partial charge in [0.25, 0.3) is 0 Å². The van der Waals surface area contributed by atoms with Crippen molar-refractivity contribution < 1.29 is 17.9 Å².